The average molecular weight is 601 g/mol. The highest BCUT2D eigenvalue weighted by Crippen LogP contribution is 2.57. The van der Waals surface area contributed by atoms with E-state index in [0.29, 0.717) is 0 Å². The molecule has 0 saturated carbocycles. The number of carbonyl (C=O) groups excluding carboxylic acids is 1. The van der Waals surface area contributed by atoms with Gasteiger partial charge in [-0.15, -0.1) is 0 Å². The number of carbonyl (C=O) groups is 1. The van der Waals surface area contributed by atoms with Crippen LogP contribution in [-0.4, -0.2) is 107 Å². The molecule has 39 heavy (non-hydrogen) atoms. The summed E-state index contributed by atoms with van der Waals surface area (Å²) in [4.78, 5) is 56.9. The van der Waals surface area contributed by atoms with Crippen LogP contribution in [0.4, 0.5) is 5.95 Å². The van der Waals surface area contributed by atoms with Crippen LogP contribution in [0.5, 0.6) is 0 Å². The molecule has 2 saturated heterocycles. The van der Waals surface area contributed by atoms with Gasteiger partial charge in [0.2, 0.25) is 5.95 Å². The van der Waals surface area contributed by atoms with Crippen LogP contribution in [-0.2, 0) is 36.8 Å². The van der Waals surface area contributed by atoms with Crippen molar-refractivity contribution in [2.45, 2.75) is 55.2 Å². The van der Waals surface area contributed by atoms with Crippen molar-refractivity contribution < 1.29 is 72.1 Å². The van der Waals surface area contributed by atoms with Crippen LogP contribution in [0, 0.1) is 0 Å². The number of nitrogens with two attached hydrogens (primary N) is 1. The number of nitrogen functional groups attached to an aromatic ring is 1. The van der Waals surface area contributed by atoms with E-state index in [0.717, 1.165) is 10.9 Å². The lowest BCUT2D eigenvalue weighted by Gasteiger charge is -2.40. The Morgan fingerprint density at radius 1 is 1.08 bits per heavy atom. The first kappa shape index (κ1) is 29.8. The summed E-state index contributed by atoms with van der Waals surface area (Å²) in [5, 5.41) is 49.8. The van der Waals surface area contributed by atoms with Gasteiger partial charge >= 0.3 is 0 Å². The van der Waals surface area contributed by atoms with Gasteiger partial charge in [-0.2, -0.15) is 4.98 Å². The molecule has 2 fully saturated rings. The number of aliphatic hydroxyl groups is 5. The molecule has 218 valence electrons. The molecule has 21 nitrogen and oxygen atoms in total. The quantitative estimate of drug-likeness (QED) is 0.104. The Balaban J connectivity index is 1.40. The molecular weight excluding hydrogens is 580 g/mol. The highest BCUT2D eigenvalue weighted by molar-refractivity contribution is 7.59. The van der Waals surface area contributed by atoms with Gasteiger partial charge in [-0.3, -0.25) is 28.0 Å². The zero-order chi connectivity index (χ0) is 28.9. The Kier molecular flexibility index (Phi) is 8.39. The van der Waals surface area contributed by atoms with Crippen molar-refractivity contribution in [3.63, 3.8) is 0 Å². The summed E-state index contributed by atoms with van der Waals surface area (Å²) in [5.41, 5.74) is 4.46. The van der Waals surface area contributed by atoms with Gasteiger partial charge in [-0.05, 0) is 0 Å². The number of fused-ring (bicyclic) bond motifs is 1. The number of imidazole rings is 1. The van der Waals surface area contributed by atoms with Crippen LogP contribution in [0.1, 0.15) is 6.23 Å². The Bertz CT molecular complexity index is 1370. The minimum atomic E-state index is -5.94. The molecule has 4 rings (SSSR count). The van der Waals surface area contributed by atoms with E-state index in [4.69, 9.17) is 10.5 Å². The standard InChI is InChI=1S/C16H23N5O16P2/c17-16-19-12-6(13(28)20-16)18-3-21(12)14-10(26)8(24)5(34-14)2-33-38(29,30)37-39(31,32)36-15-11(27)9(25)7(23)4(1-22)35-15/h1,3-5,7-11,14-15,23-27H,2H2,(H,29,30)(H,31,32)(H3,17,19,20,28)/p-2. The monoisotopic (exact) mass is 601 g/mol. The molecular formula is C16H21N5O16P2-2. The maximum absolute atomic E-state index is 12.1. The van der Waals surface area contributed by atoms with Crippen LogP contribution in [0.25, 0.3) is 11.2 Å². The summed E-state index contributed by atoms with van der Waals surface area (Å²) in [6.45, 7) is -1.10. The number of anilines is 1. The van der Waals surface area contributed by atoms with Crippen LogP contribution < -0.4 is 21.1 Å². The highest BCUT2D eigenvalue weighted by atomic mass is 31.3. The second-order valence-corrected chi connectivity index (χ2v) is 11.2. The normalized spacial score (nSPS) is 36.4. The third-order valence-corrected chi connectivity index (χ3v) is 8.16. The largest absolute Gasteiger partial charge is 0.756 e. The molecule has 0 aromatic carbocycles. The fraction of sp³-hybridized carbons (Fsp3) is 0.625. The fourth-order valence-corrected chi connectivity index (χ4v) is 5.84. The number of aldehydes is 1. The third-order valence-electron chi connectivity index (χ3n) is 5.63. The second-order valence-electron chi connectivity index (χ2n) is 8.28. The number of rotatable bonds is 9. The lowest BCUT2D eigenvalue weighted by Crippen LogP contribution is -2.58. The predicted octanol–water partition coefficient (Wildman–Crippen LogP) is -5.69. The van der Waals surface area contributed by atoms with E-state index in [1.165, 1.54) is 0 Å². The van der Waals surface area contributed by atoms with Gasteiger partial charge < -0.3 is 59.8 Å². The van der Waals surface area contributed by atoms with Crippen LogP contribution in [0.2, 0.25) is 0 Å². The lowest BCUT2D eigenvalue weighted by atomic mass is 10.00. The number of nitrogens with one attached hydrogen (secondary N) is 1. The van der Waals surface area contributed by atoms with Gasteiger partial charge in [0.25, 0.3) is 21.2 Å². The number of aromatic nitrogens is 4. The number of ether oxygens (including phenoxy) is 2. The van der Waals surface area contributed by atoms with Crippen molar-refractivity contribution in [3.8, 4) is 0 Å². The topological polar surface area (TPSA) is 334 Å². The van der Waals surface area contributed by atoms with E-state index >= 15 is 0 Å². The summed E-state index contributed by atoms with van der Waals surface area (Å²) in [6, 6.07) is 0. The molecule has 4 heterocycles. The minimum absolute atomic E-state index is 0.0292. The summed E-state index contributed by atoms with van der Waals surface area (Å²) in [5.74, 6) is -0.297. The van der Waals surface area contributed by atoms with E-state index < -0.39 is 83.1 Å². The number of aliphatic hydroxyl groups excluding tert-OH is 5. The summed E-state index contributed by atoms with van der Waals surface area (Å²) < 4.78 is 47.9. The zero-order valence-electron chi connectivity index (χ0n) is 19.1. The average Bonchev–Trinajstić information content (AvgIpc) is 3.38. The van der Waals surface area contributed by atoms with Crippen LogP contribution >= 0.6 is 15.6 Å². The Morgan fingerprint density at radius 3 is 2.44 bits per heavy atom. The molecule has 2 aromatic heterocycles. The van der Waals surface area contributed by atoms with Crippen molar-refractivity contribution in [2.75, 3.05) is 12.3 Å². The molecule has 0 amide bonds. The summed E-state index contributed by atoms with van der Waals surface area (Å²) >= 11 is 0. The highest BCUT2D eigenvalue weighted by Gasteiger charge is 2.47. The Hall–Kier alpha value is -2.20. The zero-order valence-corrected chi connectivity index (χ0v) is 20.9. The smallest absolute Gasteiger partial charge is 0.280 e. The molecule has 2 aromatic rings. The molecule has 0 bridgehead atoms. The fourth-order valence-electron chi connectivity index (χ4n) is 3.76. The van der Waals surface area contributed by atoms with Crippen molar-refractivity contribution in [2.24, 2.45) is 0 Å². The first-order chi connectivity index (χ1) is 18.1. The number of hydrogen-bond acceptors (Lipinski definition) is 19. The predicted molar refractivity (Wildman–Crippen MR) is 115 cm³/mol. The van der Waals surface area contributed by atoms with E-state index in [2.05, 4.69) is 33.0 Å². The molecule has 0 radical (unpaired) electrons. The van der Waals surface area contributed by atoms with Crippen LogP contribution in [0.15, 0.2) is 11.1 Å². The first-order valence-corrected chi connectivity index (χ1v) is 13.6. The summed E-state index contributed by atoms with van der Waals surface area (Å²) in [7, 11) is -11.8. The molecule has 2 aliphatic rings. The molecule has 11 unspecified atom stereocenters. The minimum Gasteiger partial charge on any atom is -0.756 e. The lowest BCUT2D eigenvalue weighted by molar-refractivity contribution is -0.296. The SMILES string of the molecule is Nc1nc2c(ncn2C2OC(COP(=O)([O-])OP(=O)([O-])OC3OC(C=O)C(O)C(O)C3O)C(O)C2O)c(=O)[nH]1. The van der Waals surface area contributed by atoms with Gasteiger partial charge in [0, 0.05) is 0 Å². The number of H-pyrrole nitrogens is 1. The van der Waals surface area contributed by atoms with Gasteiger partial charge in [0.1, 0.15) is 42.7 Å². The van der Waals surface area contributed by atoms with Crippen LogP contribution in [0.3, 0.4) is 0 Å². The van der Waals surface area contributed by atoms with E-state index in [1.807, 2.05) is 0 Å². The van der Waals surface area contributed by atoms with Gasteiger partial charge in [0.15, 0.2) is 30.0 Å². The third kappa shape index (κ3) is 6.11. The van der Waals surface area contributed by atoms with Crippen molar-refractivity contribution in [1.82, 2.24) is 19.5 Å². The van der Waals surface area contributed by atoms with Gasteiger partial charge in [-0.25, -0.2) is 9.29 Å². The first-order valence-electron chi connectivity index (χ1n) is 10.7. The molecule has 2 aliphatic heterocycles. The maximum atomic E-state index is 12.1. The Morgan fingerprint density at radius 2 is 1.77 bits per heavy atom. The molecule has 11 atom stereocenters. The van der Waals surface area contributed by atoms with E-state index in [-0.39, 0.29) is 23.4 Å². The molecule has 8 N–H and O–H groups in total. The molecule has 23 heteroatoms. The number of phosphoric ester groups is 2. The van der Waals surface area contributed by atoms with E-state index in [1.54, 1.807) is 0 Å². The number of nitrogens with zero attached hydrogens (tertiary/aromatic N) is 3. The second kappa shape index (κ2) is 11.0. The van der Waals surface area contributed by atoms with Crippen molar-refractivity contribution >= 4 is 39.0 Å². The van der Waals surface area contributed by atoms with Crippen molar-refractivity contribution in [1.29, 1.82) is 0 Å². The van der Waals surface area contributed by atoms with Gasteiger partial charge in [-0.1, -0.05) is 0 Å². The molecule has 0 spiro atoms. The molecule has 0 aliphatic carbocycles. The number of aromatic amines is 1. The van der Waals surface area contributed by atoms with Crippen molar-refractivity contribution in [3.05, 3.63) is 16.7 Å². The van der Waals surface area contributed by atoms with Gasteiger partial charge in [0.05, 0.1) is 12.9 Å². The Labute approximate surface area is 215 Å². The maximum Gasteiger partial charge on any atom is 0.280 e. The number of phosphoric acid groups is 2. The van der Waals surface area contributed by atoms with E-state index in [9.17, 15) is 54.0 Å². The number of hydrogen-bond donors (Lipinski definition) is 7. The summed E-state index contributed by atoms with van der Waals surface area (Å²) in [6.07, 6.45) is -16.1.